The lowest BCUT2D eigenvalue weighted by Gasteiger charge is -2.26. The lowest BCUT2D eigenvalue weighted by Crippen LogP contribution is -2.41. The SMILES string of the molecule is Cc1ccc(S(=O)(=O)N(CC(=O)NCCCSCc2ccccc2)c2cc(Cl)ccc2C)cc1. The molecule has 5 nitrogen and oxygen atoms in total. The molecule has 0 atom stereocenters. The van der Waals surface area contributed by atoms with Crippen LogP contribution in [0.3, 0.4) is 0 Å². The van der Waals surface area contributed by atoms with Gasteiger partial charge < -0.3 is 5.32 Å². The smallest absolute Gasteiger partial charge is 0.264 e. The van der Waals surface area contributed by atoms with E-state index in [1.165, 1.54) is 5.56 Å². The van der Waals surface area contributed by atoms with Crippen molar-refractivity contribution in [2.75, 3.05) is 23.1 Å². The number of anilines is 1. The minimum Gasteiger partial charge on any atom is -0.354 e. The molecule has 3 aromatic carbocycles. The Kier molecular flexibility index (Phi) is 9.45. The van der Waals surface area contributed by atoms with Crippen molar-refractivity contribution >= 4 is 45.0 Å². The summed E-state index contributed by atoms with van der Waals surface area (Å²) in [6.07, 6.45) is 0.796. The topological polar surface area (TPSA) is 66.5 Å². The van der Waals surface area contributed by atoms with Gasteiger partial charge in [0, 0.05) is 17.3 Å². The molecule has 0 aromatic heterocycles. The summed E-state index contributed by atoms with van der Waals surface area (Å²) in [4.78, 5) is 12.9. The van der Waals surface area contributed by atoms with Crippen LogP contribution in [-0.2, 0) is 20.6 Å². The lowest BCUT2D eigenvalue weighted by molar-refractivity contribution is -0.119. The van der Waals surface area contributed by atoms with Gasteiger partial charge in [-0.3, -0.25) is 9.10 Å². The van der Waals surface area contributed by atoms with E-state index in [1.54, 1.807) is 61.2 Å². The van der Waals surface area contributed by atoms with Crippen LogP contribution in [0.4, 0.5) is 5.69 Å². The van der Waals surface area contributed by atoms with E-state index in [-0.39, 0.29) is 17.3 Å². The van der Waals surface area contributed by atoms with Gasteiger partial charge in [0.15, 0.2) is 0 Å². The fraction of sp³-hybridized carbons (Fsp3) is 0.269. The Balaban J connectivity index is 1.65. The number of carbonyl (C=O) groups is 1. The second-order valence-electron chi connectivity index (χ2n) is 8.00. The first-order valence-corrected chi connectivity index (χ1v) is 14.0. The fourth-order valence-corrected chi connectivity index (χ4v) is 5.91. The molecule has 0 fully saturated rings. The minimum absolute atomic E-state index is 0.127. The van der Waals surface area contributed by atoms with Crippen LogP contribution in [0.25, 0.3) is 0 Å². The van der Waals surface area contributed by atoms with Crippen molar-refractivity contribution in [3.05, 3.63) is 94.5 Å². The number of benzene rings is 3. The van der Waals surface area contributed by atoms with Crippen LogP contribution in [0.2, 0.25) is 5.02 Å². The molecule has 0 aliphatic rings. The average Bonchev–Trinajstić information content (AvgIpc) is 2.82. The van der Waals surface area contributed by atoms with Crippen molar-refractivity contribution in [3.63, 3.8) is 0 Å². The maximum Gasteiger partial charge on any atom is 0.264 e. The second-order valence-corrected chi connectivity index (χ2v) is 11.4. The zero-order valence-corrected chi connectivity index (χ0v) is 21.7. The van der Waals surface area contributed by atoms with Gasteiger partial charge in [0.25, 0.3) is 10.0 Å². The molecule has 0 heterocycles. The average molecular weight is 517 g/mol. The molecule has 3 rings (SSSR count). The number of sulfonamides is 1. The molecule has 0 bridgehead atoms. The van der Waals surface area contributed by atoms with Gasteiger partial charge in [0.1, 0.15) is 6.54 Å². The number of halogens is 1. The van der Waals surface area contributed by atoms with Crippen LogP contribution in [0.5, 0.6) is 0 Å². The van der Waals surface area contributed by atoms with E-state index in [0.717, 1.165) is 27.8 Å². The Morgan fingerprint density at radius 2 is 1.71 bits per heavy atom. The molecule has 0 saturated carbocycles. The molecule has 0 spiro atoms. The summed E-state index contributed by atoms with van der Waals surface area (Å²) < 4.78 is 28.1. The van der Waals surface area contributed by atoms with Crippen LogP contribution >= 0.6 is 23.4 Å². The number of nitrogens with one attached hydrogen (secondary N) is 1. The van der Waals surface area contributed by atoms with Crippen LogP contribution in [-0.4, -0.2) is 33.2 Å². The van der Waals surface area contributed by atoms with Gasteiger partial charge in [-0.2, -0.15) is 11.8 Å². The van der Waals surface area contributed by atoms with Gasteiger partial charge in [0.05, 0.1) is 10.6 Å². The second kappa shape index (κ2) is 12.3. The highest BCUT2D eigenvalue weighted by Crippen LogP contribution is 2.29. The third-order valence-electron chi connectivity index (χ3n) is 5.24. The largest absolute Gasteiger partial charge is 0.354 e. The zero-order valence-electron chi connectivity index (χ0n) is 19.3. The first-order chi connectivity index (χ1) is 16.3. The monoisotopic (exact) mass is 516 g/mol. The summed E-state index contributed by atoms with van der Waals surface area (Å²) in [5.74, 6) is 1.46. The third kappa shape index (κ3) is 7.26. The van der Waals surface area contributed by atoms with Crippen molar-refractivity contribution in [1.29, 1.82) is 0 Å². The van der Waals surface area contributed by atoms with Crippen LogP contribution < -0.4 is 9.62 Å². The Hall–Kier alpha value is -2.48. The van der Waals surface area contributed by atoms with E-state index in [0.29, 0.717) is 22.8 Å². The maximum atomic E-state index is 13.5. The van der Waals surface area contributed by atoms with Crippen LogP contribution in [0.1, 0.15) is 23.1 Å². The number of aryl methyl sites for hydroxylation is 2. The normalized spacial score (nSPS) is 11.3. The summed E-state index contributed by atoms with van der Waals surface area (Å²) in [6.45, 7) is 3.84. The predicted octanol–water partition coefficient (Wildman–Crippen LogP) is 5.59. The third-order valence-corrected chi connectivity index (χ3v) is 8.36. The highest BCUT2D eigenvalue weighted by molar-refractivity contribution is 7.98. The number of hydrogen-bond donors (Lipinski definition) is 1. The van der Waals surface area contributed by atoms with Gasteiger partial charge in [-0.15, -0.1) is 0 Å². The van der Waals surface area contributed by atoms with Gasteiger partial charge in [-0.1, -0.05) is 65.7 Å². The van der Waals surface area contributed by atoms with Crippen LogP contribution in [0.15, 0.2) is 77.7 Å². The number of amides is 1. The minimum atomic E-state index is -3.97. The van der Waals surface area contributed by atoms with E-state index >= 15 is 0 Å². The number of rotatable bonds is 11. The molecule has 8 heteroatoms. The first kappa shape index (κ1) is 26.1. The van der Waals surface area contributed by atoms with Crippen molar-refractivity contribution in [2.45, 2.75) is 30.9 Å². The molecule has 0 saturated heterocycles. The standard InChI is InChI=1S/C26H29ClN2O3S2/c1-20-9-13-24(14-10-20)34(31,32)29(25-17-23(27)12-11-21(25)2)18-26(30)28-15-6-16-33-19-22-7-4-3-5-8-22/h3-5,7-14,17H,6,15-16,18-19H2,1-2H3,(H,28,30). The Labute approximate surface area is 211 Å². The molecule has 0 aliphatic carbocycles. The molecule has 1 N–H and O–H groups in total. The predicted molar refractivity (Wildman–Crippen MR) is 142 cm³/mol. The van der Waals surface area contributed by atoms with Gasteiger partial charge in [0.2, 0.25) is 5.91 Å². The molecule has 180 valence electrons. The Bertz CT molecular complexity index is 1200. The molecule has 3 aromatic rings. The summed E-state index contributed by atoms with van der Waals surface area (Å²) in [5, 5.41) is 3.26. The van der Waals surface area contributed by atoms with Crippen molar-refractivity contribution in [1.82, 2.24) is 5.32 Å². The summed E-state index contributed by atoms with van der Waals surface area (Å²) >= 11 is 7.97. The number of thioether (sulfide) groups is 1. The first-order valence-electron chi connectivity index (χ1n) is 11.0. The van der Waals surface area contributed by atoms with E-state index in [1.807, 2.05) is 25.1 Å². The Morgan fingerprint density at radius 1 is 1.00 bits per heavy atom. The molecule has 0 unspecified atom stereocenters. The highest BCUT2D eigenvalue weighted by Gasteiger charge is 2.28. The molecular formula is C26H29ClN2O3S2. The van der Waals surface area contributed by atoms with Crippen molar-refractivity contribution in [2.24, 2.45) is 0 Å². The van der Waals surface area contributed by atoms with Gasteiger partial charge in [-0.05, 0) is 61.4 Å². The maximum absolute atomic E-state index is 13.5. The molecule has 34 heavy (non-hydrogen) atoms. The van der Waals surface area contributed by atoms with Gasteiger partial charge >= 0.3 is 0 Å². The Morgan fingerprint density at radius 3 is 2.41 bits per heavy atom. The molecule has 0 aliphatic heterocycles. The van der Waals surface area contributed by atoms with E-state index in [9.17, 15) is 13.2 Å². The zero-order chi connectivity index (χ0) is 24.6. The number of carbonyl (C=O) groups excluding carboxylic acids is 1. The van der Waals surface area contributed by atoms with E-state index in [4.69, 9.17) is 11.6 Å². The van der Waals surface area contributed by atoms with E-state index < -0.39 is 10.0 Å². The number of nitrogens with zero attached hydrogens (tertiary/aromatic N) is 1. The molecule has 1 amide bonds. The molecule has 0 radical (unpaired) electrons. The van der Waals surface area contributed by atoms with E-state index in [2.05, 4.69) is 17.4 Å². The molecular weight excluding hydrogens is 488 g/mol. The van der Waals surface area contributed by atoms with Crippen molar-refractivity contribution in [3.8, 4) is 0 Å². The summed E-state index contributed by atoms with van der Waals surface area (Å²) in [7, 11) is -3.97. The highest BCUT2D eigenvalue weighted by atomic mass is 35.5. The quantitative estimate of drug-likeness (QED) is 0.337. The summed E-state index contributed by atoms with van der Waals surface area (Å²) in [6, 6.07) is 21.8. The fourth-order valence-electron chi connectivity index (χ4n) is 3.34. The van der Waals surface area contributed by atoms with Crippen LogP contribution in [0, 0.1) is 13.8 Å². The van der Waals surface area contributed by atoms with Gasteiger partial charge in [-0.25, -0.2) is 8.42 Å². The summed E-state index contributed by atoms with van der Waals surface area (Å²) in [5.41, 5.74) is 3.32. The van der Waals surface area contributed by atoms with Crippen molar-refractivity contribution < 1.29 is 13.2 Å². The lowest BCUT2D eigenvalue weighted by atomic mass is 10.2. The number of hydrogen-bond acceptors (Lipinski definition) is 4.